The largest absolute Gasteiger partial charge is 0.480 e. The summed E-state index contributed by atoms with van der Waals surface area (Å²) in [6.07, 6.45) is 30.3. The third kappa shape index (κ3) is 17.4. The predicted molar refractivity (Wildman–Crippen MR) is 197 cm³/mol. The van der Waals surface area contributed by atoms with Crippen LogP contribution in [0, 0.1) is 0 Å². The molecule has 0 radical (unpaired) electrons. The van der Waals surface area contributed by atoms with Crippen LogP contribution in [-0.4, -0.2) is 53.5 Å². The first kappa shape index (κ1) is 41.3. The van der Waals surface area contributed by atoms with Gasteiger partial charge in [0.15, 0.2) is 0 Å². The van der Waals surface area contributed by atoms with Gasteiger partial charge in [-0.3, -0.25) is 0 Å². The smallest absolute Gasteiger partial charge is 0.408 e. The lowest BCUT2D eigenvalue weighted by Gasteiger charge is -2.30. The fraction of sp³-hybridized carbons (Fsp3) is 0.795. The highest BCUT2D eigenvalue weighted by atomic mass is 35.5. The van der Waals surface area contributed by atoms with Gasteiger partial charge in [0, 0.05) is 30.6 Å². The van der Waals surface area contributed by atoms with Crippen LogP contribution in [0.2, 0.25) is 0 Å². The zero-order valence-electron chi connectivity index (χ0n) is 29.7. The van der Waals surface area contributed by atoms with E-state index in [1.807, 2.05) is 37.3 Å². The second-order valence-electron chi connectivity index (χ2n) is 14.6. The minimum atomic E-state index is -1.38. The number of nitrogens with one attached hydrogen (secondary N) is 3. The van der Waals surface area contributed by atoms with Gasteiger partial charge in [0.05, 0.1) is 6.61 Å². The molecule has 0 aliphatic heterocycles. The quantitative estimate of drug-likeness (QED) is 0.174. The van der Waals surface area contributed by atoms with Crippen LogP contribution in [0.25, 0.3) is 0 Å². The SMILES string of the molecule is C1CCC(NC2CCCCC2)CC1.C1CCC(NC2CCCCC2)CC1.CCCCOC(=O)NC(C)(Cc1ccccc1)C(=O)O.Cl. The molecule has 8 heteroatoms. The second-order valence-corrected chi connectivity index (χ2v) is 14.6. The van der Waals surface area contributed by atoms with Gasteiger partial charge < -0.3 is 25.8 Å². The van der Waals surface area contributed by atoms with Crippen molar-refractivity contribution in [2.24, 2.45) is 0 Å². The van der Waals surface area contributed by atoms with Crippen molar-refractivity contribution in [3.05, 3.63) is 35.9 Å². The van der Waals surface area contributed by atoms with Crippen LogP contribution in [-0.2, 0) is 16.0 Å². The lowest BCUT2D eigenvalue weighted by Crippen LogP contribution is -2.54. The Morgan fingerprint density at radius 2 is 1.09 bits per heavy atom. The first-order chi connectivity index (χ1) is 22.4. The summed E-state index contributed by atoms with van der Waals surface area (Å²) >= 11 is 0. The van der Waals surface area contributed by atoms with Gasteiger partial charge in [-0.15, -0.1) is 12.4 Å². The highest BCUT2D eigenvalue weighted by Crippen LogP contribution is 2.24. The molecule has 7 nitrogen and oxygen atoms in total. The maximum Gasteiger partial charge on any atom is 0.408 e. The van der Waals surface area contributed by atoms with E-state index >= 15 is 0 Å². The zero-order chi connectivity index (χ0) is 32.9. The summed E-state index contributed by atoms with van der Waals surface area (Å²) in [5.41, 5.74) is -0.545. The van der Waals surface area contributed by atoms with Gasteiger partial charge in [-0.25, -0.2) is 9.59 Å². The molecular formula is C39H68ClN3O4. The average molecular weight is 678 g/mol. The molecule has 1 aromatic carbocycles. The van der Waals surface area contributed by atoms with Crippen LogP contribution in [0.4, 0.5) is 4.79 Å². The third-order valence-corrected chi connectivity index (χ3v) is 10.3. The molecule has 0 spiro atoms. The number of rotatable bonds is 11. The number of benzene rings is 1. The molecule has 0 bridgehead atoms. The number of amides is 1. The van der Waals surface area contributed by atoms with Crippen LogP contribution in [0.5, 0.6) is 0 Å². The van der Waals surface area contributed by atoms with E-state index in [-0.39, 0.29) is 18.8 Å². The van der Waals surface area contributed by atoms with Crippen LogP contribution < -0.4 is 16.0 Å². The van der Waals surface area contributed by atoms with Crippen molar-refractivity contribution in [2.75, 3.05) is 6.61 Å². The van der Waals surface area contributed by atoms with E-state index < -0.39 is 17.6 Å². The van der Waals surface area contributed by atoms with E-state index in [1.54, 1.807) is 0 Å². The Labute approximate surface area is 292 Å². The lowest BCUT2D eigenvalue weighted by atomic mass is 9.91. The normalized spacial score (nSPS) is 21.0. The average Bonchev–Trinajstić information content (AvgIpc) is 3.08. The summed E-state index contributed by atoms with van der Waals surface area (Å²) < 4.78 is 4.95. The first-order valence-corrected chi connectivity index (χ1v) is 19.1. The Morgan fingerprint density at radius 3 is 1.43 bits per heavy atom. The second kappa shape index (κ2) is 24.3. The molecule has 4 saturated carbocycles. The topological polar surface area (TPSA) is 99.7 Å². The summed E-state index contributed by atoms with van der Waals surface area (Å²) in [5, 5.41) is 19.5. The molecule has 1 aromatic rings. The van der Waals surface area contributed by atoms with Crippen LogP contribution in [0.1, 0.15) is 161 Å². The monoisotopic (exact) mass is 677 g/mol. The van der Waals surface area contributed by atoms with Gasteiger partial charge in [0.1, 0.15) is 5.54 Å². The number of carbonyl (C=O) groups excluding carboxylic acids is 1. The van der Waals surface area contributed by atoms with Gasteiger partial charge in [0.25, 0.3) is 0 Å². The van der Waals surface area contributed by atoms with E-state index in [9.17, 15) is 14.7 Å². The van der Waals surface area contributed by atoms with E-state index in [1.165, 1.54) is 135 Å². The minimum Gasteiger partial charge on any atom is -0.480 e. The van der Waals surface area contributed by atoms with E-state index in [0.29, 0.717) is 6.61 Å². The van der Waals surface area contributed by atoms with Crippen molar-refractivity contribution in [2.45, 2.75) is 191 Å². The van der Waals surface area contributed by atoms with Crippen molar-refractivity contribution < 1.29 is 19.4 Å². The molecule has 4 fully saturated rings. The Kier molecular flexibility index (Phi) is 21.4. The van der Waals surface area contributed by atoms with E-state index in [4.69, 9.17) is 4.74 Å². The molecule has 1 unspecified atom stereocenters. The van der Waals surface area contributed by atoms with Crippen LogP contribution in [0.15, 0.2) is 30.3 Å². The first-order valence-electron chi connectivity index (χ1n) is 19.1. The van der Waals surface area contributed by atoms with Gasteiger partial charge in [-0.05, 0) is 70.3 Å². The number of halogens is 1. The number of alkyl carbamates (subject to hydrolysis) is 1. The third-order valence-electron chi connectivity index (χ3n) is 10.3. The zero-order valence-corrected chi connectivity index (χ0v) is 30.6. The Balaban J connectivity index is 0.000000250. The van der Waals surface area contributed by atoms with Crippen LogP contribution in [0.3, 0.4) is 0 Å². The molecule has 4 aliphatic rings. The number of unbranched alkanes of at least 4 members (excludes halogenated alkanes) is 1. The van der Waals surface area contributed by atoms with Gasteiger partial charge in [-0.2, -0.15) is 0 Å². The fourth-order valence-corrected chi connectivity index (χ4v) is 7.49. The number of aliphatic carboxylic acids is 1. The number of carbonyl (C=O) groups is 2. The molecule has 4 N–H and O–H groups in total. The van der Waals surface area contributed by atoms with E-state index in [2.05, 4.69) is 16.0 Å². The summed E-state index contributed by atoms with van der Waals surface area (Å²) in [4.78, 5) is 23.1. The molecule has 5 rings (SSSR count). The number of ether oxygens (including phenoxy) is 1. The van der Waals surface area contributed by atoms with Gasteiger partial charge in [-0.1, -0.05) is 121 Å². The van der Waals surface area contributed by atoms with Crippen molar-refractivity contribution >= 4 is 24.5 Å². The van der Waals surface area contributed by atoms with Crippen LogP contribution >= 0.6 is 12.4 Å². The maximum absolute atomic E-state index is 11.6. The predicted octanol–water partition coefficient (Wildman–Crippen LogP) is 9.50. The number of carboxylic acid groups (broad SMARTS) is 1. The van der Waals surface area contributed by atoms with Crippen molar-refractivity contribution in [3.8, 4) is 0 Å². The number of hydrogen-bond acceptors (Lipinski definition) is 5. The Morgan fingerprint density at radius 1 is 0.702 bits per heavy atom. The minimum absolute atomic E-state index is 0. The highest BCUT2D eigenvalue weighted by molar-refractivity contribution is 5.85. The van der Waals surface area contributed by atoms with Crippen molar-refractivity contribution in [3.63, 3.8) is 0 Å². The van der Waals surface area contributed by atoms with Crippen molar-refractivity contribution in [1.29, 1.82) is 0 Å². The molecule has 1 amide bonds. The van der Waals surface area contributed by atoms with Gasteiger partial charge in [0.2, 0.25) is 0 Å². The number of hydrogen-bond donors (Lipinski definition) is 4. The molecule has 0 heterocycles. The van der Waals surface area contributed by atoms with E-state index in [0.717, 1.165) is 42.6 Å². The summed E-state index contributed by atoms with van der Waals surface area (Å²) in [6.45, 7) is 3.75. The lowest BCUT2D eigenvalue weighted by molar-refractivity contribution is -0.143. The molecule has 47 heavy (non-hydrogen) atoms. The standard InChI is InChI=1S/C15H21NO4.2C12H23N.ClH/c1-3-4-10-20-14(19)16-15(2,13(17)18)11-12-8-6-5-7-9-12;2*1-3-7-11(8-4-1)13-12-9-5-2-6-10-12;/h5-9H,3-4,10-11H2,1-2H3,(H,16,19)(H,17,18);2*11-13H,1-10H2;1H. The molecule has 1 atom stereocenters. The Hall–Kier alpha value is -1.83. The Bertz CT molecular complexity index is 877. The molecule has 4 aliphatic carbocycles. The molecular weight excluding hydrogens is 610 g/mol. The summed E-state index contributed by atoms with van der Waals surface area (Å²) in [7, 11) is 0. The van der Waals surface area contributed by atoms with Gasteiger partial charge >= 0.3 is 12.1 Å². The summed E-state index contributed by atoms with van der Waals surface area (Å²) in [5.74, 6) is -1.09. The highest BCUT2D eigenvalue weighted by Gasteiger charge is 2.35. The molecule has 0 aromatic heterocycles. The molecule has 0 saturated heterocycles. The molecule has 270 valence electrons. The number of carboxylic acids is 1. The fourth-order valence-electron chi connectivity index (χ4n) is 7.49. The summed E-state index contributed by atoms with van der Waals surface area (Å²) in [6, 6.07) is 12.7. The van der Waals surface area contributed by atoms with Crippen molar-refractivity contribution in [1.82, 2.24) is 16.0 Å². The maximum atomic E-state index is 11.6.